The Kier molecular flexibility index (Phi) is 5.42. The molecule has 1 saturated carbocycles. The lowest BCUT2D eigenvalue weighted by Crippen LogP contribution is -2.55. The van der Waals surface area contributed by atoms with Crippen LogP contribution in [0.4, 0.5) is 0 Å². The summed E-state index contributed by atoms with van der Waals surface area (Å²) in [6.07, 6.45) is 10.8. The highest BCUT2D eigenvalue weighted by atomic mass is 16.7. The van der Waals surface area contributed by atoms with Gasteiger partial charge in [0.1, 0.15) is 0 Å². The molecule has 1 aliphatic heterocycles. The molecule has 1 aliphatic carbocycles. The summed E-state index contributed by atoms with van der Waals surface area (Å²) < 4.78 is 12.2. The molecule has 1 heterocycles. The molecule has 0 radical (unpaired) electrons. The first kappa shape index (κ1) is 15.7. The summed E-state index contributed by atoms with van der Waals surface area (Å²) in [5.41, 5.74) is -0.356. The monoisotopic (exact) mass is 280 g/mol. The molecule has 2 rings (SSSR count). The summed E-state index contributed by atoms with van der Waals surface area (Å²) in [6, 6.07) is 0. The summed E-state index contributed by atoms with van der Waals surface area (Å²) in [6.45, 7) is 8.93. The minimum Gasteiger partial charge on any atom is -0.392 e. The summed E-state index contributed by atoms with van der Waals surface area (Å²) in [7, 11) is 0. The number of ether oxygens (including phenoxy) is 2. The zero-order chi connectivity index (χ0) is 14.5. The lowest BCUT2D eigenvalue weighted by molar-refractivity contribution is -0.268. The van der Waals surface area contributed by atoms with Crippen LogP contribution in [0.25, 0.3) is 0 Å². The largest absolute Gasteiger partial charge is 0.392 e. The molecular formula is C17H28O3. The Hall–Kier alpha value is -0.640. The van der Waals surface area contributed by atoms with Crippen LogP contribution in [0.1, 0.15) is 51.4 Å². The predicted molar refractivity (Wildman–Crippen MR) is 80.4 cm³/mol. The van der Waals surface area contributed by atoms with Crippen molar-refractivity contribution in [2.24, 2.45) is 5.41 Å². The van der Waals surface area contributed by atoms with E-state index in [4.69, 9.17) is 9.47 Å². The van der Waals surface area contributed by atoms with E-state index in [1.54, 1.807) is 0 Å². The van der Waals surface area contributed by atoms with Crippen molar-refractivity contribution < 1.29 is 14.6 Å². The number of rotatable bonds is 6. The van der Waals surface area contributed by atoms with Crippen LogP contribution in [0.3, 0.4) is 0 Å². The van der Waals surface area contributed by atoms with Gasteiger partial charge in [-0.15, -0.1) is 13.2 Å². The van der Waals surface area contributed by atoms with Gasteiger partial charge < -0.3 is 14.6 Å². The molecule has 2 aliphatic rings. The quantitative estimate of drug-likeness (QED) is 0.756. The Morgan fingerprint density at radius 3 is 2.40 bits per heavy atom. The van der Waals surface area contributed by atoms with Crippen LogP contribution >= 0.6 is 0 Å². The summed E-state index contributed by atoms with van der Waals surface area (Å²) in [5, 5.41) is 10.9. The molecule has 1 saturated heterocycles. The predicted octanol–water partition coefficient (Wildman–Crippen LogP) is 3.58. The second kappa shape index (κ2) is 6.88. The SMILES string of the molecule is C=CCCC(O)C1(CC=C)CCCCCC12OCCO2. The second-order valence-electron chi connectivity index (χ2n) is 6.04. The van der Waals surface area contributed by atoms with Crippen molar-refractivity contribution in [3.05, 3.63) is 25.3 Å². The topological polar surface area (TPSA) is 38.7 Å². The van der Waals surface area contributed by atoms with Gasteiger partial charge in [0, 0.05) is 6.42 Å². The molecule has 20 heavy (non-hydrogen) atoms. The number of allylic oxidation sites excluding steroid dienone is 2. The summed E-state index contributed by atoms with van der Waals surface area (Å²) in [4.78, 5) is 0. The Balaban J connectivity index is 2.32. The number of hydrogen-bond donors (Lipinski definition) is 1. The van der Waals surface area contributed by atoms with Gasteiger partial charge in [-0.1, -0.05) is 25.0 Å². The van der Waals surface area contributed by atoms with Crippen LogP contribution in [0.5, 0.6) is 0 Å². The van der Waals surface area contributed by atoms with Crippen LogP contribution in [0.15, 0.2) is 25.3 Å². The molecule has 1 N–H and O–H groups in total. The molecule has 0 aromatic rings. The molecule has 2 unspecified atom stereocenters. The van der Waals surface area contributed by atoms with Gasteiger partial charge >= 0.3 is 0 Å². The molecule has 3 heteroatoms. The third-order valence-corrected chi connectivity index (χ3v) is 4.93. The molecule has 1 spiro atoms. The van der Waals surface area contributed by atoms with Crippen LogP contribution in [-0.2, 0) is 9.47 Å². The minimum absolute atomic E-state index is 0.356. The van der Waals surface area contributed by atoms with Gasteiger partial charge in [0.05, 0.1) is 24.7 Å². The van der Waals surface area contributed by atoms with Gasteiger partial charge in [-0.25, -0.2) is 0 Å². The van der Waals surface area contributed by atoms with Crippen molar-refractivity contribution in [1.82, 2.24) is 0 Å². The Labute approximate surface area is 122 Å². The first-order valence-corrected chi connectivity index (χ1v) is 7.88. The minimum atomic E-state index is -0.613. The molecule has 2 fully saturated rings. The summed E-state index contributed by atoms with van der Waals surface area (Å²) in [5.74, 6) is -0.613. The van der Waals surface area contributed by atoms with Crippen LogP contribution in [0, 0.1) is 5.41 Å². The van der Waals surface area contributed by atoms with Crippen molar-refractivity contribution in [2.45, 2.75) is 63.3 Å². The smallest absolute Gasteiger partial charge is 0.176 e. The van der Waals surface area contributed by atoms with E-state index in [0.29, 0.717) is 19.6 Å². The van der Waals surface area contributed by atoms with Crippen LogP contribution in [-0.4, -0.2) is 30.2 Å². The molecular weight excluding hydrogens is 252 g/mol. The van der Waals surface area contributed by atoms with E-state index in [2.05, 4.69) is 13.2 Å². The molecule has 0 aromatic heterocycles. The lowest BCUT2D eigenvalue weighted by atomic mass is 9.67. The van der Waals surface area contributed by atoms with Gasteiger partial charge in [0.25, 0.3) is 0 Å². The highest BCUT2D eigenvalue weighted by molar-refractivity contribution is 5.05. The molecule has 3 nitrogen and oxygen atoms in total. The van der Waals surface area contributed by atoms with E-state index in [1.165, 1.54) is 6.42 Å². The lowest BCUT2D eigenvalue weighted by Gasteiger charge is -2.48. The van der Waals surface area contributed by atoms with Gasteiger partial charge in [-0.05, 0) is 32.1 Å². The van der Waals surface area contributed by atoms with Crippen molar-refractivity contribution in [3.63, 3.8) is 0 Å². The van der Waals surface area contributed by atoms with E-state index in [0.717, 1.165) is 38.5 Å². The molecule has 114 valence electrons. The third kappa shape index (κ3) is 2.72. The molecule has 0 aromatic carbocycles. The number of aliphatic hydroxyl groups excluding tert-OH is 1. The zero-order valence-corrected chi connectivity index (χ0v) is 12.5. The fourth-order valence-corrected chi connectivity index (χ4v) is 3.92. The molecule has 2 atom stereocenters. The van der Waals surface area contributed by atoms with Crippen molar-refractivity contribution in [1.29, 1.82) is 0 Å². The van der Waals surface area contributed by atoms with E-state index in [9.17, 15) is 5.11 Å². The number of hydrogen-bond acceptors (Lipinski definition) is 3. The van der Waals surface area contributed by atoms with Crippen molar-refractivity contribution in [3.8, 4) is 0 Å². The van der Waals surface area contributed by atoms with Crippen LogP contribution < -0.4 is 0 Å². The van der Waals surface area contributed by atoms with Gasteiger partial charge in [0.2, 0.25) is 0 Å². The van der Waals surface area contributed by atoms with E-state index < -0.39 is 11.9 Å². The van der Waals surface area contributed by atoms with E-state index in [1.807, 2.05) is 12.2 Å². The molecule has 0 amide bonds. The first-order chi connectivity index (χ1) is 9.71. The first-order valence-electron chi connectivity index (χ1n) is 7.88. The van der Waals surface area contributed by atoms with E-state index >= 15 is 0 Å². The van der Waals surface area contributed by atoms with E-state index in [-0.39, 0.29) is 5.41 Å². The van der Waals surface area contributed by atoms with Crippen molar-refractivity contribution >= 4 is 0 Å². The highest BCUT2D eigenvalue weighted by Gasteiger charge is 2.58. The van der Waals surface area contributed by atoms with Crippen molar-refractivity contribution in [2.75, 3.05) is 13.2 Å². The highest BCUT2D eigenvalue weighted by Crippen LogP contribution is 2.53. The number of aliphatic hydroxyl groups is 1. The zero-order valence-electron chi connectivity index (χ0n) is 12.5. The second-order valence-corrected chi connectivity index (χ2v) is 6.04. The Morgan fingerprint density at radius 1 is 1.05 bits per heavy atom. The van der Waals surface area contributed by atoms with Gasteiger partial charge in [-0.2, -0.15) is 0 Å². The summed E-state index contributed by atoms with van der Waals surface area (Å²) >= 11 is 0. The maximum absolute atomic E-state index is 10.9. The third-order valence-electron chi connectivity index (χ3n) is 4.93. The maximum Gasteiger partial charge on any atom is 0.176 e. The Bertz CT molecular complexity index is 333. The van der Waals surface area contributed by atoms with Gasteiger partial charge in [-0.3, -0.25) is 0 Å². The van der Waals surface area contributed by atoms with Crippen LogP contribution in [0.2, 0.25) is 0 Å². The normalized spacial score (nSPS) is 30.9. The van der Waals surface area contributed by atoms with Gasteiger partial charge in [0.15, 0.2) is 5.79 Å². The molecule has 0 bridgehead atoms. The standard InChI is InChI=1S/C17H28O3/c1-3-5-9-15(18)16(10-4-2)11-7-6-8-12-17(16)19-13-14-20-17/h3-4,15,18H,1-2,5-14H2. The Morgan fingerprint density at radius 2 is 1.75 bits per heavy atom. The average Bonchev–Trinajstić information content (AvgIpc) is 2.85. The fraction of sp³-hybridized carbons (Fsp3) is 0.765. The fourth-order valence-electron chi connectivity index (χ4n) is 3.92. The maximum atomic E-state index is 10.9. The average molecular weight is 280 g/mol.